The molecule has 1 fully saturated rings. The van der Waals surface area contributed by atoms with Crippen LogP contribution >= 0.6 is 0 Å². The summed E-state index contributed by atoms with van der Waals surface area (Å²) in [7, 11) is 0. The van der Waals surface area contributed by atoms with Gasteiger partial charge in [0.25, 0.3) is 23.3 Å². The molecule has 0 aliphatic carbocycles. The molecule has 0 radical (unpaired) electrons. The first-order valence-electron chi connectivity index (χ1n) is 15.5. The highest BCUT2D eigenvalue weighted by Crippen LogP contribution is 2.41. The van der Waals surface area contributed by atoms with E-state index in [4.69, 9.17) is 23.7 Å². The second-order valence-electron chi connectivity index (χ2n) is 10.6. The summed E-state index contributed by atoms with van der Waals surface area (Å²) < 4.78 is 28.6. The average molecular weight is 698 g/mol. The summed E-state index contributed by atoms with van der Waals surface area (Å²) in [5.41, 5.74) is -2.11. The highest BCUT2D eigenvalue weighted by molar-refractivity contribution is 5.94. The van der Waals surface area contributed by atoms with Crippen molar-refractivity contribution in [1.82, 2.24) is 9.80 Å². The van der Waals surface area contributed by atoms with Gasteiger partial charge in [-0.15, -0.1) is 0 Å². The highest BCUT2D eigenvalue weighted by atomic mass is 16.7. The molecule has 0 N–H and O–H groups in total. The second kappa shape index (κ2) is 18.8. The first kappa shape index (κ1) is 37.3. The van der Waals surface area contributed by atoms with E-state index in [-0.39, 0.29) is 77.6 Å². The lowest BCUT2D eigenvalue weighted by molar-refractivity contribution is -0.405. The number of hydrogen-bond donors (Lipinski definition) is 0. The van der Waals surface area contributed by atoms with E-state index in [2.05, 4.69) is 0 Å². The number of rotatable bonds is 7. The zero-order chi connectivity index (χ0) is 35.9. The zero-order valence-electron chi connectivity index (χ0n) is 26.8. The van der Waals surface area contributed by atoms with Crippen LogP contribution in [0.4, 0.5) is 17.1 Å². The van der Waals surface area contributed by atoms with Gasteiger partial charge in [0.15, 0.2) is 0 Å². The number of nitro groups is 3. The average Bonchev–Trinajstić information content (AvgIpc) is 3.12. The molecule has 18 heteroatoms. The molecule has 1 unspecified atom stereocenters. The standard InChI is InChI=1S/C32H35N5O13/c38-31(24-7-3-1-4-8-24)33-11-15-46-19-20-47-16-12-34(32(39)25-9-5-2-6-10-25)14-18-49-29(23-48-17-13-33)50-30-27(36(42)43)21-26(35(40)41)22-28(30)37(44)45/h1-10,21-22,29H,11-20,23H2. The lowest BCUT2D eigenvalue weighted by Gasteiger charge is -2.26. The maximum Gasteiger partial charge on any atom is 0.325 e. The summed E-state index contributed by atoms with van der Waals surface area (Å²) in [5.74, 6) is -1.50. The summed E-state index contributed by atoms with van der Waals surface area (Å²) in [6, 6.07) is 18.1. The molecule has 1 aliphatic heterocycles. The summed E-state index contributed by atoms with van der Waals surface area (Å²) in [6.07, 6.45) is -1.53. The Morgan fingerprint density at radius 2 is 1.06 bits per heavy atom. The fourth-order valence-electron chi connectivity index (χ4n) is 4.81. The van der Waals surface area contributed by atoms with Gasteiger partial charge >= 0.3 is 11.4 Å². The molecule has 1 atom stereocenters. The first-order valence-corrected chi connectivity index (χ1v) is 15.5. The number of ether oxygens (including phenoxy) is 5. The van der Waals surface area contributed by atoms with E-state index in [1.54, 1.807) is 60.7 Å². The van der Waals surface area contributed by atoms with Crippen molar-refractivity contribution >= 4 is 28.9 Å². The highest BCUT2D eigenvalue weighted by Gasteiger charge is 2.34. The van der Waals surface area contributed by atoms with Gasteiger partial charge in [-0.25, -0.2) is 0 Å². The molecule has 266 valence electrons. The third kappa shape index (κ3) is 10.7. The Balaban J connectivity index is 1.59. The third-order valence-corrected chi connectivity index (χ3v) is 7.31. The van der Waals surface area contributed by atoms with Crippen molar-refractivity contribution < 1.29 is 48.0 Å². The van der Waals surface area contributed by atoms with Gasteiger partial charge < -0.3 is 33.5 Å². The van der Waals surface area contributed by atoms with Gasteiger partial charge in [0, 0.05) is 37.3 Å². The molecule has 1 heterocycles. The van der Waals surface area contributed by atoms with Crippen molar-refractivity contribution in [3.63, 3.8) is 0 Å². The predicted octanol–water partition coefficient (Wildman–Crippen LogP) is 3.48. The molecule has 4 rings (SSSR count). The van der Waals surface area contributed by atoms with Crippen LogP contribution in [-0.4, -0.2) is 115 Å². The SMILES string of the molecule is O=C(c1ccccc1)N1CCOCCOCCN(C(=O)c2ccccc2)CCOC(Oc2c([N+](=O)[O-])cc([N+](=O)[O-])cc2[N+](=O)[O-])COCC1. The summed E-state index contributed by atoms with van der Waals surface area (Å²) >= 11 is 0. The Morgan fingerprint density at radius 3 is 1.50 bits per heavy atom. The van der Waals surface area contributed by atoms with Crippen LogP contribution in [0.25, 0.3) is 0 Å². The van der Waals surface area contributed by atoms with E-state index in [0.29, 0.717) is 23.3 Å². The number of hydrogen-bond acceptors (Lipinski definition) is 13. The minimum absolute atomic E-state index is 0.0166. The quantitative estimate of drug-likeness (QED) is 0.256. The molecular weight excluding hydrogens is 662 g/mol. The van der Waals surface area contributed by atoms with Crippen molar-refractivity contribution in [1.29, 1.82) is 0 Å². The van der Waals surface area contributed by atoms with Crippen LogP contribution in [0.3, 0.4) is 0 Å². The molecule has 0 aromatic heterocycles. The number of carbonyl (C=O) groups is 2. The van der Waals surface area contributed by atoms with Crippen molar-refractivity contribution in [3.05, 3.63) is 114 Å². The number of carbonyl (C=O) groups excluding carboxylic acids is 2. The normalized spacial score (nSPS) is 17.2. The van der Waals surface area contributed by atoms with E-state index < -0.39 is 50.5 Å². The molecule has 3 aromatic carbocycles. The fraction of sp³-hybridized carbons (Fsp3) is 0.375. The van der Waals surface area contributed by atoms with Gasteiger partial charge in [-0.1, -0.05) is 36.4 Å². The van der Waals surface area contributed by atoms with Crippen molar-refractivity contribution in [3.8, 4) is 5.75 Å². The Labute approximate surface area is 285 Å². The number of benzene rings is 3. The molecule has 1 aliphatic rings. The Kier molecular flexibility index (Phi) is 14.0. The molecule has 2 amide bonds. The van der Waals surface area contributed by atoms with E-state index in [0.717, 1.165) is 0 Å². The minimum Gasteiger partial charge on any atom is -0.450 e. The van der Waals surface area contributed by atoms with Crippen molar-refractivity contribution in [2.45, 2.75) is 6.29 Å². The van der Waals surface area contributed by atoms with Crippen LogP contribution in [0, 0.1) is 30.3 Å². The smallest absolute Gasteiger partial charge is 0.325 e. The number of nitrogens with zero attached hydrogens (tertiary/aromatic N) is 5. The molecule has 18 nitrogen and oxygen atoms in total. The van der Waals surface area contributed by atoms with Crippen LogP contribution in [-0.2, 0) is 18.9 Å². The predicted molar refractivity (Wildman–Crippen MR) is 174 cm³/mol. The lowest BCUT2D eigenvalue weighted by Crippen LogP contribution is -2.39. The van der Waals surface area contributed by atoms with E-state index >= 15 is 0 Å². The van der Waals surface area contributed by atoms with Gasteiger partial charge in [-0.2, -0.15) is 0 Å². The number of amides is 2. The molecular formula is C32H35N5O13. The van der Waals surface area contributed by atoms with Gasteiger partial charge in [0.05, 0.1) is 66.5 Å². The number of non-ortho nitro benzene ring substituents is 1. The van der Waals surface area contributed by atoms with Crippen LogP contribution in [0.2, 0.25) is 0 Å². The maximum absolute atomic E-state index is 13.3. The summed E-state index contributed by atoms with van der Waals surface area (Å²) in [6.45, 7) is 0.484. The Bertz CT molecular complexity index is 1590. The van der Waals surface area contributed by atoms with Crippen LogP contribution in [0.5, 0.6) is 5.75 Å². The largest absolute Gasteiger partial charge is 0.450 e. The Hall–Kier alpha value is -5.56. The van der Waals surface area contributed by atoms with Crippen molar-refractivity contribution in [2.75, 3.05) is 72.4 Å². The lowest BCUT2D eigenvalue weighted by atomic mass is 10.2. The van der Waals surface area contributed by atoms with Gasteiger partial charge in [0.1, 0.15) is 6.61 Å². The third-order valence-electron chi connectivity index (χ3n) is 7.31. The minimum atomic E-state index is -1.53. The topological polar surface area (TPSA) is 216 Å². The van der Waals surface area contributed by atoms with Crippen LogP contribution < -0.4 is 4.74 Å². The van der Waals surface area contributed by atoms with Gasteiger partial charge in [-0.3, -0.25) is 39.9 Å². The molecule has 0 saturated carbocycles. The first-order chi connectivity index (χ1) is 24.2. The second-order valence-corrected chi connectivity index (χ2v) is 10.6. The Morgan fingerprint density at radius 1 is 0.620 bits per heavy atom. The number of nitro benzene ring substituents is 3. The molecule has 0 spiro atoms. The summed E-state index contributed by atoms with van der Waals surface area (Å²) in [4.78, 5) is 61.5. The molecule has 3 aromatic rings. The van der Waals surface area contributed by atoms with Crippen LogP contribution in [0.15, 0.2) is 72.8 Å². The van der Waals surface area contributed by atoms with Crippen molar-refractivity contribution in [2.24, 2.45) is 0 Å². The summed E-state index contributed by atoms with van der Waals surface area (Å²) in [5, 5.41) is 35.1. The van der Waals surface area contributed by atoms with E-state index in [1.165, 1.54) is 9.80 Å². The molecule has 1 saturated heterocycles. The zero-order valence-corrected chi connectivity index (χ0v) is 26.8. The van der Waals surface area contributed by atoms with Gasteiger partial charge in [0.2, 0.25) is 6.29 Å². The molecule has 0 bridgehead atoms. The van der Waals surface area contributed by atoms with Crippen LogP contribution in [0.1, 0.15) is 20.7 Å². The van der Waals surface area contributed by atoms with E-state index in [9.17, 15) is 39.9 Å². The molecule has 50 heavy (non-hydrogen) atoms. The maximum atomic E-state index is 13.3. The van der Waals surface area contributed by atoms with E-state index in [1.807, 2.05) is 0 Å². The fourth-order valence-corrected chi connectivity index (χ4v) is 4.81. The monoisotopic (exact) mass is 697 g/mol. The van der Waals surface area contributed by atoms with Gasteiger partial charge in [-0.05, 0) is 24.3 Å².